The van der Waals surface area contributed by atoms with E-state index in [1.807, 2.05) is 6.21 Å². The van der Waals surface area contributed by atoms with Crippen LogP contribution in [0.5, 0.6) is 0 Å². The van der Waals surface area contributed by atoms with Crippen molar-refractivity contribution in [2.45, 2.75) is 40.5 Å². The van der Waals surface area contributed by atoms with Gasteiger partial charge < -0.3 is 5.84 Å². The van der Waals surface area contributed by atoms with E-state index in [0.717, 1.165) is 19.4 Å². The van der Waals surface area contributed by atoms with Crippen molar-refractivity contribution in [2.24, 2.45) is 11.8 Å². The van der Waals surface area contributed by atoms with Crippen LogP contribution in [0.3, 0.4) is 0 Å². The van der Waals surface area contributed by atoms with Gasteiger partial charge in [0.2, 0.25) is 0 Å². The topological polar surface area (TPSA) is 26.8 Å². The minimum atomic E-state index is 0.664. The highest BCUT2D eigenvalue weighted by molar-refractivity contribution is 5.51. The number of hydrogen-bond acceptors (Lipinski definition) is 0. The molecule has 0 saturated heterocycles. The van der Waals surface area contributed by atoms with Gasteiger partial charge >= 0.3 is 0 Å². The van der Waals surface area contributed by atoms with Crippen LogP contribution in [0, 0.1) is 11.8 Å². The predicted octanol–water partition coefficient (Wildman–Crippen LogP) is 3.13. The van der Waals surface area contributed by atoms with Crippen LogP contribution >= 0.6 is 0 Å². The normalized spacial score (nSPS) is 13.0. The van der Waals surface area contributed by atoms with Gasteiger partial charge in [0.15, 0.2) is 0 Å². The first-order chi connectivity index (χ1) is 5.52. The van der Waals surface area contributed by atoms with E-state index in [9.17, 15) is 0 Å². The Kier molecular flexibility index (Phi) is 5.77. The number of nitrogens with zero attached hydrogens (tertiary/aromatic N) is 1. The van der Waals surface area contributed by atoms with Crippen LogP contribution in [0.25, 0.3) is 5.84 Å². The first-order valence-electron chi connectivity index (χ1n) is 4.83. The highest BCUT2D eigenvalue weighted by Crippen LogP contribution is 2.00. The monoisotopic (exact) mass is 170 g/mol. The Balaban J connectivity index is 3.56. The summed E-state index contributed by atoms with van der Waals surface area (Å²) in [5.41, 5.74) is 0. The summed E-state index contributed by atoms with van der Waals surface area (Å²) in [5, 5.41) is 0. The minimum absolute atomic E-state index is 0.664. The quantitative estimate of drug-likeness (QED) is 0.344. The molecule has 0 atom stereocenters. The van der Waals surface area contributed by atoms with E-state index < -0.39 is 0 Å². The molecular formula is C10H22N2. The molecule has 72 valence electrons. The molecule has 0 spiro atoms. The van der Waals surface area contributed by atoms with Crippen molar-refractivity contribution in [3.63, 3.8) is 0 Å². The average molecular weight is 170 g/mol. The zero-order valence-electron chi connectivity index (χ0n) is 8.80. The van der Waals surface area contributed by atoms with Gasteiger partial charge in [-0.2, -0.15) is 0 Å². The fraction of sp³-hybridized carbons (Fsp3) is 0.900. The first kappa shape index (κ1) is 11.5. The van der Waals surface area contributed by atoms with Gasteiger partial charge in [0.25, 0.3) is 0 Å². The third kappa shape index (κ3) is 7.58. The van der Waals surface area contributed by atoms with E-state index in [2.05, 4.69) is 27.7 Å². The minimum Gasteiger partial charge on any atom is -0.455 e. The Morgan fingerprint density at radius 2 is 1.75 bits per heavy atom. The van der Waals surface area contributed by atoms with Crippen molar-refractivity contribution >= 4 is 6.21 Å². The third-order valence-corrected chi connectivity index (χ3v) is 1.74. The van der Waals surface area contributed by atoms with Gasteiger partial charge in [-0.1, -0.05) is 27.7 Å². The molecule has 0 aromatic rings. The molecule has 0 aliphatic rings. The lowest BCUT2D eigenvalue weighted by Gasteiger charge is -2.06. The van der Waals surface area contributed by atoms with Crippen LogP contribution in [0.4, 0.5) is 0 Å². The van der Waals surface area contributed by atoms with Crippen molar-refractivity contribution in [1.29, 1.82) is 0 Å². The summed E-state index contributed by atoms with van der Waals surface area (Å²) in [5.74, 6) is 8.90. The molecule has 0 amide bonds. The maximum Gasteiger partial charge on any atom is 0.137 e. The molecule has 0 aromatic carbocycles. The Morgan fingerprint density at radius 1 is 1.17 bits per heavy atom. The summed E-state index contributed by atoms with van der Waals surface area (Å²) in [6.07, 6.45) is 4.10. The highest BCUT2D eigenvalue weighted by atomic mass is 15.3. The largest absolute Gasteiger partial charge is 0.455 e. The van der Waals surface area contributed by atoms with Gasteiger partial charge in [-0.15, -0.1) is 0 Å². The standard InChI is InChI=1S/C10H22N2/c1-9(2)5-7-12(11)8-6-10(3)4/h7,9-11H,5-6,8H2,1-4H3. The molecule has 0 unspecified atom stereocenters. The SMILES string of the molecule is CC(C)CC=[N+]([NH-])CCC(C)C. The molecule has 2 heteroatoms. The fourth-order valence-electron chi connectivity index (χ4n) is 0.827. The van der Waals surface area contributed by atoms with Crippen molar-refractivity contribution in [2.75, 3.05) is 6.54 Å². The number of nitrogens with one attached hydrogen (secondary N) is 1. The third-order valence-electron chi connectivity index (χ3n) is 1.74. The summed E-state index contributed by atoms with van der Waals surface area (Å²) in [4.78, 5) is 0. The van der Waals surface area contributed by atoms with Crippen LogP contribution in [0.1, 0.15) is 40.5 Å². The smallest absolute Gasteiger partial charge is 0.137 e. The zero-order chi connectivity index (χ0) is 9.56. The summed E-state index contributed by atoms with van der Waals surface area (Å²) in [6, 6.07) is 0. The molecule has 0 rings (SSSR count). The van der Waals surface area contributed by atoms with E-state index in [0.29, 0.717) is 11.8 Å². The summed E-state index contributed by atoms with van der Waals surface area (Å²) in [6.45, 7) is 9.59. The molecule has 0 heterocycles. The lowest BCUT2D eigenvalue weighted by atomic mass is 10.1. The Morgan fingerprint density at radius 3 is 2.17 bits per heavy atom. The van der Waals surface area contributed by atoms with Crippen molar-refractivity contribution in [1.82, 2.24) is 0 Å². The van der Waals surface area contributed by atoms with Crippen LogP contribution in [-0.2, 0) is 0 Å². The van der Waals surface area contributed by atoms with Gasteiger partial charge in [-0.25, -0.2) is 0 Å². The molecule has 2 nitrogen and oxygen atoms in total. The first-order valence-corrected chi connectivity index (χ1v) is 4.83. The molecule has 0 fully saturated rings. The molecular weight excluding hydrogens is 148 g/mol. The second-order valence-electron chi connectivity index (χ2n) is 4.19. The maximum absolute atomic E-state index is 7.54. The van der Waals surface area contributed by atoms with Crippen LogP contribution < -0.4 is 0 Å². The maximum atomic E-state index is 7.54. The van der Waals surface area contributed by atoms with E-state index in [4.69, 9.17) is 5.84 Å². The Hall–Kier alpha value is -0.530. The fourth-order valence-corrected chi connectivity index (χ4v) is 0.827. The highest BCUT2D eigenvalue weighted by Gasteiger charge is 1.98. The Labute approximate surface area is 76.4 Å². The van der Waals surface area contributed by atoms with E-state index in [1.54, 1.807) is 4.68 Å². The predicted molar refractivity (Wildman–Crippen MR) is 54.4 cm³/mol. The molecule has 12 heavy (non-hydrogen) atoms. The molecule has 0 saturated carbocycles. The van der Waals surface area contributed by atoms with E-state index >= 15 is 0 Å². The lowest BCUT2D eigenvalue weighted by molar-refractivity contribution is -0.456. The molecule has 0 bridgehead atoms. The van der Waals surface area contributed by atoms with Gasteiger partial charge in [0.05, 0.1) is 0 Å². The van der Waals surface area contributed by atoms with Crippen LogP contribution in [-0.4, -0.2) is 17.4 Å². The number of hydrogen-bond donors (Lipinski definition) is 0. The summed E-state index contributed by atoms with van der Waals surface area (Å²) in [7, 11) is 0. The summed E-state index contributed by atoms with van der Waals surface area (Å²) >= 11 is 0. The molecule has 1 N–H and O–H groups in total. The van der Waals surface area contributed by atoms with Crippen LogP contribution in [0.2, 0.25) is 0 Å². The van der Waals surface area contributed by atoms with Gasteiger partial charge in [-0.05, 0) is 11.8 Å². The van der Waals surface area contributed by atoms with Gasteiger partial charge in [0.1, 0.15) is 12.8 Å². The Bertz CT molecular complexity index is 137. The molecule has 0 aromatic heterocycles. The average Bonchev–Trinajstić information content (AvgIpc) is 1.96. The van der Waals surface area contributed by atoms with Crippen molar-refractivity contribution < 1.29 is 4.68 Å². The molecule has 0 aliphatic heterocycles. The second kappa shape index (κ2) is 6.04. The van der Waals surface area contributed by atoms with Gasteiger partial charge in [0, 0.05) is 12.8 Å². The van der Waals surface area contributed by atoms with Crippen molar-refractivity contribution in [3.8, 4) is 0 Å². The molecule has 0 radical (unpaired) electrons. The van der Waals surface area contributed by atoms with Crippen molar-refractivity contribution in [3.05, 3.63) is 5.84 Å². The number of rotatable bonds is 5. The lowest BCUT2D eigenvalue weighted by Crippen LogP contribution is -2.08. The second-order valence-corrected chi connectivity index (χ2v) is 4.19. The van der Waals surface area contributed by atoms with Crippen LogP contribution in [0.15, 0.2) is 0 Å². The summed E-state index contributed by atoms with van der Waals surface area (Å²) < 4.78 is 1.57. The molecule has 0 aliphatic carbocycles. The van der Waals surface area contributed by atoms with E-state index in [1.165, 1.54) is 0 Å². The van der Waals surface area contributed by atoms with E-state index in [-0.39, 0.29) is 0 Å². The van der Waals surface area contributed by atoms with Gasteiger partial charge in [-0.3, -0.25) is 4.68 Å². The zero-order valence-corrected chi connectivity index (χ0v) is 8.80.